The third-order valence-electron chi connectivity index (χ3n) is 2.38. The van der Waals surface area contributed by atoms with Crippen LogP contribution in [0, 0.1) is 0 Å². The Morgan fingerprint density at radius 1 is 1.42 bits per heavy atom. The van der Waals surface area contributed by atoms with Crippen LogP contribution in [0.3, 0.4) is 0 Å². The second kappa shape index (κ2) is 5.81. The fraction of sp³-hybridized carbons (Fsp3) is 0.583. The average molecular weight is 324 g/mol. The van der Waals surface area contributed by atoms with Crippen molar-refractivity contribution in [3.8, 4) is 0 Å². The van der Waals surface area contributed by atoms with E-state index in [0.29, 0.717) is 9.21 Å². The summed E-state index contributed by atoms with van der Waals surface area (Å²) in [6.45, 7) is 6.83. The summed E-state index contributed by atoms with van der Waals surface area (Å²) >= 11 is 6.97. The minimum atomic E-state index is -3.53. The smallest absolute Gasteiger partial charge is 0.238 e. The van der Waals surface area contributed by atoms with Crippen molar-refractivity contribution in [2.45, 2.75) is 44.2 Å². The minimum Gasteiger partial charge on any atom is -0.350 e. The number of thiophene rings is 1. The summed E-state index contributed by atoms with van der Waals surface area (Å²) in [5.41, 5.74) is -0.451. The van der Waals surface area contributed by atoms with Crippen LogP contribution in [0.5, 0.6) is 0 Å². The molecule has 0 aromatic carbocycles. The number of hydrogen-bond donors (Lipinski definition) is 1. The van der Waals surface area contributed by atoms with Crippen molar-refractivity contribution in [3.05, 3.63) is 21.3 Å². The van der Waals surface area contributed by atoms with E-state index in [0.717, 1.165) is 0 Å². The highest BCUT2D eigenvalue weighted by molar-refractivity contribution is 7.92. The van der Waals surface area contributed by atoms with Crippen molar-refractivity contribution in [2.75, 3.05) is 0 Å². The fourth-order valence-electron chi connectivity index (χ4n) is 1.39. The van der Waals surface area contributed by atoms with Crippen LogP contribution in [0.25, 0.3) is 0 Å². The lowest BCUT2D eigenvalue weighted by molar-refractivity contribution is -0.121. The molecule has 0 aliphatic carbocycles. The minimum absolute atomic E-state index is 0.164. The Kier molecular flexibility index (Phi) is 5.03. The standard InChI is InChI=1S/C12H18ClNO3S2/c1-8(11(15)14-12(2,3)4)19(16,17)7-9-5-6-10(13)18-9/h5-6,8H,7H2,1-4H3,(H,14,15). The van der Waals surface area contributed by atoms with Crippen LogP contribution in [0.1, 0.15) is 32.6 Å². The van der Waals surface area contributed by atoms with Crippen molar-refractivity contribution in [2.24, 2.45) is 0 Å². The monoisotopic (exact) mass is 323 g/mol. The molecule has 0 fully saturated rings. The van der Waals surface area contributed by atoms with Gasteiger partial charge in [0, 0.05) is 10.4 Å². The van der Waals surface area contributed by atoms with E-state index in [2.05, 4.69) is 5.32 Å². The first kappa shape index (κ1) is 16.5. The van der Waals surface area contributed by atoms with Crippen molar-refractivity contribution in [1.82, 2.24) is 5.32 Å². The molecule has 0 radical (unpaired) electrons. The van der Waals surface area contributed by atoms with Crippen LogP contribution in [0.2, 0.25) is 4.34 Å². The summed E-state index contributed by atoms with van der Waals surface area (Å²) in [6.07, 6.45) is 0. The van der Waals surface area contributed by atoms with Gasteiger partial charge < -0.3 is 5.32 Å². The molecule has 0 bridgehead atoms. The molecule has 1 atom stereocenters. The summed E-state index contributed by atoms with van der Waals surface area (Å²) < 4.78 is 24.8. The van der Waals surface area contributed by atoms with Crippen molar-refractivity contribution < 1.29 is 13.2 Å². The van der Waals surface area contributed by atoms with Gasteiger partial charge in [0.15, 0.2) is 9.84 Å². The summed E-state index contributed by atoms with van der Waals surface area (Å²) in [5.74, 6) is -0.640. The molecule has 7 heteroatoms. The third-order valence-corrected chi connectivity index (χ3v) is 5.80. The molecule has 0 aliphatic rings. The Bertz CT molecular complexity index is 558. The largest absolute Gasteiger partial charge is 0.350 e. The number of carbonyl (C=O) groups is 1. The number of nitrogens with one attached hydrogen (secondary N) is 1. The topological polar surface area (TPSA) is 63.2 Å². The van der Waals surface area contributed by atoms with E-state index >= 15 is 0 Å². The van der Waals surface area contributed by atoms with Crippen molar-refractivity contribution >= 4 is 38.7 Å². The number of rotatable bonds is 4. The van der Waals surface area contributed by atoms with Crippen LogP contribution >= 0.6 is 22.9 Å². The maximum Gasteiger partial charge on any atom is 0.238 e. The predicted octanol–water partition coefficient (Wildman–Crippen LogP) is 2.62. The molecule has 1 heterocycles. The molecule has 1 unspecified atom stereocenters. The van der Waals surface area contributed by atoms with E-state index in [4.69, 9.17) is 11.6 Å². The first-order valence-electron chi connectivity index (χ1n) is 5.79. The fourth-order valence-corrected chi connectivity index (χ4v) is 4.13. The van der Waals surface area contributed by atoms with Gasteiger partial charge in [-0.25, -0.2) is 8.42 Å². The van der Waals surface area contributed by atoms with Gasteiger partial charge in [-0.2, -0.15) is 0 Å². The first-order valence-corrected chi connectivity index (χ1v) is 8.70. The molecule has 0 aliphatic heterocycles. The summed E-state index contributed by atoms with van der Waals surface area (Å²) in [6, 6.07) is 3.32. The Hall–Kier alpha value is -0.590. The average Bonchev–Trinajstić information content (AvgIpc) is 2.59. The van der Waals surface area contributed by atoms with Gasteiger partial charge in [0.2, 0.25) is 5.91 Å². The molecule has 1 aromatic heterocycles. The molecule has 108 valence electrons. The predicted molar refractivity (Wildman–Crippen MR) is 79.3 cm³/mol. The second-order valence-electron chi connectivity index (χ2n) is 5.39. The highest BCUT2D eigenvalue weighted by Crippen LogP contribution is 2.24. The van der Waals surface area contributed by atoms with Crippen LogP contribution in [-0.2, 0) is 20.4 Å². The number of hydrogen-bond acceptors (Lipinski definition) is 4. The lowest BCUT2D eigenvalue weighted by atomic mass is 10.1. The van der Waals surface area contributed by atoms with Crippen LogP contribution in [-0.4, -0.2) is 25.1 Å². The Morgan fingerprint density at radius 2 is 2.00 bits per heavy atom. The maximum atomic E-state index is 12.1. The zero-order valence-electron chi connectivity index (χ0n) is 11.4. The van der Waals surface area contributed by atoms with E-state index < -0.39 is 26.5 Å². The maximum absolute atomic E-state index is 12.1. The van der Waals surface area contributed by atoms with Crippen LogP contribution < -0.4 is 5.32 Å². The molecule has 1 rings (SSSR count). The first-order chi connectivity index (χ1) is 8.51. The number of sulfone groups is 1. The molecular formula is C12H18ClNO3S2. The molecule has 19 heavy (non-hydrogen) atoms. The van der Waals surface area contributed by atoms with Gasteiger partial charge in [-0.05, 0) is 39.8 Å². The third kappa shape index (κ3) is 5.12. The SMILES string of the molecule is CC(C(=O)NC(C)(C)C)S(=O)(=O)Cc1ccc(Cl)s1. The van der Waals surface area contributed by atoms with Gasteiger partial charge >= 0.3 is 0 Å². The molecule has 0 saturated heterocycles. The number of halogens is 1. The van der Waals surface area contributed by atoms with Gasteiger partial charge in [-0.1, -0.05) is 11.6 Å². The summed E-state index contributed by atoms with van der Waals surface area (Å²) in [4.78, 5) is 12.5. The summed E-state index contributed by atoms with van der Waals surface area (Å²) in [5, 5.41) is 1.60. The van der Waals surface area contributed by atoms with Gasteiger partial charge in [0.1, 0.15) is 5.25 Å². The van der Waals surface area contributed by atoms with E-state index in [9.17, 15) is 13.2 Å². The highest BCUT2D eigenvalue weighted by Gasteiger charge is 2.30. The molecule has 0 saturated carbocycles. The quantitative estimate of drug-likeness (QED) is 0.926. The number of amides is 1. The normalized spacial score (nSPS) is 14.2. The summed E-state index contributed by atoms with van der Waals surface area (Å²) in [7, 11) is -3.53. The zero-order valence-corrected chi connectivity index (χ0v) is 13.7. The molecule has 0 spiro atoms. The molecular weight excluding hydrogens is 306 g/mol. The van der Waals surface area contributed by atoms with E-state index in [-0.39, 0.29) is 5.75 Å². The Balaban J connectivity index is 2.79. The van der Waals surface area contributed by atoms with Gasteiger partial charge in [0.25, 0.3) is 0 Å². The lowest BCUT2D eigenvalue weighted by Crippen LogP contribution is -2.47. The van der Waals surface area contributed by atoms with E-state index in [1.54, 1.807) is 12.1 Å². The Labute approximate surface area is 123 Å². The molecule has 1 N–H and O–H groups in total. The van der Waals surface area contributed by atoms with Gasteiger partial charge in [-0.15, -0.1) is 11.3 Å². The van der Waals surface area contributed by atoms with Gasteiger partial charge in [0.05, 0.1) is 10.1 Å². The zero-order chi connectivity index (χ0) is 14.8. The highest BCUT2D eigenvalue weighted by atomic mass is 35.5. The molecule has 1 aromatic rings. The second-order valence-corrected chi connectivity index (χ2v) is 9.52. The lowest BCUT2D eigenvalue weighted by Gasteiger charge is -2.23. The Morgan fingerprint density at radius 3 is 2.42 bits per heavy atom. The van der Waals surface area contributed by atoms with Crippen molar-refractivity contribution in [1.29, 1.82) is 0 Å². The molecule has 4 nitrogen and oxygen atoms in total. The van der Waals surface area contributed by atoms with E-state index in [1.807, 2.05) is 20.8 Å². The van der Waals surface area contributed by atoms with E-state index in [1.165, 1.54) is 18.3 Å². The van der Waals surface area contributed by atoms with Crippen LogP contribution in [0.4, 0.5) is 0 Å². The van der Waals surface area contributed by atoms with Crippen molar-refractivity contribution in [3.63, 3.8) is 0 Å². The molecule has 1 amide bonds. The van der Waals surface area contributed by atoms with Crippen LogP contribution in [0.15, 0.2) is 12.1 Å². The number of carbonyl (C=O) groups excluding carboxylic acids is 1. The van der Waals surface area contributed by atoms with Gasteiger partial charge in [-0.3, -0.25) is 4.79 Å².